The van der Waals surface area contributed by atoms with E-state index in [1.54, 1.807) is 24.3 Å². The molecule has 3 aromatic rings. The first-order chi connectivity index (χ1) is 16.4. The van der Waals surface area contributed by atoms with Gasteiger partial charge in [-0.3, -0.25) is 14.9 Å². The Morgan fingerprint density at radius 2 is 1.53 bits per heavy atom. The maximum atomic E-state index is 13.6. The number of hydrogen-bond donors (Lipinski definition) is 1. The number of halogens is 1. The summed E-state index contributed by atoms with van der Waals surface area (Å²) >= 11 is 1.35. The maximum absolute atomic E-state index is 13.6. The number of nitrogens with one attached hydrogen (secondary N) is 1. The molecule has 4 saturated carbocycles. The Kier molecular flexibility index (Phi) is 5.02. The van der Waals surface area contributed by atoms with Gasteiger partial charge in [0.05, 0.1) is 20.9 Å². The molecule has 2 aromatic carbocycles. The van der Waals surface area contributed by atoms with Crippen molar-refractivity contribution in [2.45, 2.75) is 38.5 Å². The van der Waals surface area contributed by atoms with Crippen LogP contribution in [0.1, 0.15) is 38.5 Å². The number of aromatic nitrogens is 1. The first-order valence-electron chi connectivity index (χ1n) is 11.7. The van der Waals surface area contributed by atoms with Crippen molar-refractivity contribution in [2.24, 2.45) is 23.2 Å². The normalized spacial score (nSPS) is 27.0. The third-order valence-electron chi connectivity index (χ3n) is 7.83. The molecule has 174 valence electrons. The molecule has 0 unspecified atom stereocenters. The number of anilines is 1. The number of hydrogen-bond acceptors (Lipinski definition) is 5. The van der Waals surface area contributed by atoms with E-state index < -0.39 is 4.92 Å². The van der Waals surface area contributed by atoms with Gasteiger partial charge in [0.2, 0.25) is 5.91 Å². The van der Waals surface area contributed by atoms with Gasteiger partial charge in [-0.15, -0.1) is 0 Å². The average molecular weight is 478 g/mol. The fourth-order valence-electron chi connectivity index (χ4n) is 6.73. The minimum absolute atomic E-state index is 0.00643. The third kappa shape index (κ3) is 3.70. The Bertz CT molecular complexity index is 1230. The minimum atomic E-state index is -0.436. The van der Waals surface area contributed by atoms with Crippen molar-refractivity contribution in [3.05, 3.63) is 64.5 Å². The van der Waals surface area contributed by atoms with E-state index in [-0.39, 0.29) is 22.8 Å². The Morgan fingerprint density at radius 3 is 2.09 bits per heavy atom. The predicted octanol–water partition coefficient (Wildman–Crippen LogP) is 6.68. The van der Waals surface area contributed by atoms with E-state index in [4.69, 9.17) is 4.98 Å². The van der Waals surface area contributed by atoms with Crippen molar-refractivity contribution in [3.63, 3.8) is 0 Å². The number of non-ortho nitro benzene ring substituents is 1. The van der Waals surface area contributed by atoms with Crippen molar-refractivity contribution in [1.82, 2.24) is 4.98 Å². The summed E-state index contributed by atoms with van der Waals surface area (Å²) in [7, 11) is 0. The summed E-state index contributed by atoms with van der Waals surface area (Å²) in [5, 5.41) is 14.7. The number of carbonyl (C=O) groups is 1. The Labute approximate surface area is 200 Å². The van der Waals surface area contributed by atoms with Gasteiger partial charge >= 0.3 is 0 Å². The highest BCUT2D eigenvalue weighted by atomic mass is 32.1. The molecule has 1 heterocycles. The fourth-order valence-corrected chi connectivity index (χ4v) is 7.71. The molecule has 4 aliphatic carbocycles. The van der Waals surface area contributed by atoms with Crippen LogP contribution in [0.5, 0.6) is 0 Å². The first-order valence-corrected chi connectivity index (χ1v) is 12.5. The van der Waals surface area contributed by atoms with Gasteiger partial charge in [0, 0.05) is 17.7 Å². The van der Waals surface area contributed by atoms with Crippen molar-refractivity contribution in [3.8, 4) is 21.7 Å². The van der Waals surface area contributed by atoms with E-state index in [0.717, 1.165) is 35.3 Å². The second kappa shape index (κ2) is 7.98. The van der Waals surface area contributed by atoms with Gasteiger partial charge in [-0.2, -0.15) is 0 Å². The maximum Gasteiger partial charge on any atom is 0.269 e. The minimum Gasteiger partial charge on any atom is -0.301 e. The van der Waals surface area contributed by atoms with Crippen LogP contribution in [0.25, 0.3) is 21.7 Å². The smallest absolute Gasteiger partial charge is 0.269 e. The molecular formula is C26H24FN3O3S. The lowest BCUT2D eigenvalue weighted by Gasteiger charge is -2.55. The molecule has 1 aromatic heterocycles. The SMILES string of the molecule is O=C(Nc1nc(-c2ccc(F)cc2)c(-c2ccc([N+](=O)[O-])cc2)s1)C12CC3CC(CC(C3)C1)C2. The number of nitrogens with zero attached hydrogens (tertiary/aromatic N) is 2. The highest BCUT2D eigenvalue weighted by molar-refractivity contribution is 7.19. The molecular weight excluding hydrogens is 453 g/mol. The molecule has 0 aliphatic heterocycles. The van der Waals surface area contributed by atoms with Crippen LogP contribution in [0.3, 0.4) is 0 Å². The number of carbonyl (C=O) groups excluding carboxylic acids is 1. The Hall–Kier alpha value is -3.13. The molecule has 34 heavy (non-hydrogen) atoms. The Morgan fingerprint density at radius 1 is 0.971 bits per heavy atom. The van der Waals surface area contributed by atoms with Crippen LogP contribution in [0.15, 0.2) is 48.5 Å². The summed E-state index contributed by atoms with van der Waals surface area (Å²) in [4.78, 5) is 29.7. The molecule has 4 aliphatic rings. The van der Waals surface area contributed by atoms with E-state index >= 15 is 0 Å². The van der Waals surface area contributed by atoms with Crippen LogP contribution in [-0.4, -0.2) is 15.8 Å². The van der Waals surface area contributed by atoms with Crippen LogP contribution < -0.4 is 5.32 Å². The predicted molar refractivity (Wildman–Crippen MR) is 129 cm³/mol. The van der Waals surface area contributed by atoms with E-state index in [9.17, 15) is 19.3 Å². The molecule has 4 bridgehead atoms. The first kappa shape index (κ1) is 21.4. The van der Waals surface area contributed by atoms with E-state index in [1.165, 1.54) is 54.9 Å². The van der Waals surface area contributed by atoms with Gasteiger partial charge < -0.3 is 5.32 Å². The van der Waals surface area contributed by atoms with Crippen LogP contribution in [0.2, 0.25) is 0 Å². The molecule has 8 heteroatoms. The van der Waals surface area contributed by atoms with Gasteiger partial charge in [0.25, 0.3) is 5.69 Å². The Balaban J connectivity index is 1.34. The summed E-state index contributed by atoms with van der Waals surface area (Å²) in [5.41, 5.74) is 1.83. The van der Waals surface area contributed by atoms with Crippen molar-refractivity contribution >= 4 is 28.1 Å². The fraction of sp³-hybridized carbons (Fsp3) is 0.385. The molecule has 1 amide bonds. The second-order valence-electron chi connectivity index (χ2n) is 10.2. The van der Waals surface area contributed by atoms with Crippen LogP contribution in [-0.2, 0) is 4.79 Å². The van der Waals surface area contributed by atoms with Crippen LogP contribution >= 0.6 is 11.3 Å². The number of nitro groups is 1. The van der Waals surface area contributed by atoms with Gasteiger partial charge in [-0.1, -0.05) is 11.3 Å². The van der Waals surface area contributed by atoms with Crippen molar-refractivity contribution < 1.29 is 14.1 Å². The van der Waals surface area contributed by atoms with Gasteiger partial charge in [0.1, 0.15) is 5.82 Å². The van der Waals surface area contributed by atoms with Crippen LogP contribution in [0, 0.1) is 39.1 Å². The molecule has 0 radical (unpaired) electrons. The summed E-state index contributed by atoms with van der Waals surface area (Å²) in [6.45, 7) is 0. The van der Waals surface area contributed by atoms with Crippen LogP contribution in [0.4, 0.5) is 15.2 Å². The molecule has 6 nitrogen and oxygen atoms in total. The lowest BCUT2D eigenvalue weighted by atomic mass is 9.49. The van der Waals surface area contributed by atoms with E-state index in [2.05, 4.69) is 5.32 Å². The number of rotatable bonds is 5. The number of thiazole rings is 1. The van der Waals surface area contributed by atoms with Gasteiger partial charge in [-0.25, -0.2) is 9.37 Å². The molecule has 0 atom stereocenters. The van der Waals surface area contributed by atoms with Gasteiger partial charge in [-0.05, 0) is 98.2 Å². The number of nitro benzene ring substituents is 1. The molecule has 0 spiro atoms. The zero-order valence-corrected chi connectivity index (χ0v) is 19.3. The number of amides is 1. The standard InChI is InChI=1S/C26H24FN3O3S/c27-20-5-1-18(2-6-20)22-23(19-3-7-21(8-4-19)30(32)33)34-25(28-22)29-24(31)26-12-15-9-16(13-26)11-17(10-15)14-26/h1-8,15-17H,9-14H2,(H,28,29,31). The third-order valence-corrected chi connectivity index (χ3v) is 8.85. The van der Waals surface area contributed by atoms with Crippen molar-refractivity contribution in [1.29, 1.82) is 0 Å². The highest BCUT2D eigenvalue weighted by Crippen LogP contribution is 2.60. The monoisotopic (exact) mass is 477 g/mol. The molecule has 0 saturated heterocycles. The van der Waals surface area contributed by atoms with E-state index in [1.807, 2.05) is 0 Å². The zero-order chi connectivity index (χ0) is 23.4. The largest absolute Gasteiger partial charge is 0.301 e. The molecule has 1 N–H and O–H groups in total. The van der Waals surface area contributed by atoms with E-state index in [0.29, 0.717) is 28.6 Å². The average Bonchev–Trinajstić information content (AvgIpc) is 3.22. The topological polar surface area (TPSA) is 85.1 Å². The summed E-state index contributed by atoms with van der Waals surface area (Å²) in [6, 6.07) is 12.3. The molecule has 7 rings (SSSR count). The van der Waals surface area contributed by atoms with Crippen molar-refractivity contribution in [2.75, 3.05) is 5.32 Å². The number of benzene rings is 2. The van der Waals surface area contributed by atoms with Gasteiger partial charge in [0.15, 0.2) is 5.13 Å². The summed E-state index contributed by atoms with van der Waals surface area (Å²) in [6.07, 6.45) is 6.71. The highest BCUT2D eigenvalue weighted by Gasteiger charge is 2.54. The quantitative estimate of drug-likeness (QED) is 0.328. The summed E-state index contributed by atoms with van der Waals surface area (Å²) in [5.74, 6) is 1.73. The lowest BCUT2D eigenvalue weighted by Crippen LogP contribution is -2.51. The summed E-state index contributed by atoms with van der Waals surface area (Å²) < 4.78 is 13.5. The second-order valence-corrected chi connectivity index (χ2v) is 11.2. The zero-order valence-electron chi connectivity index (χ0n) is 18.5. The lowest BCUT2D eigenvalue weighted by molar-refractivity contribution is -0.384. The molecule has 4 fully saturated rings.